The van der Waals surface area contributed by atoms with Gasteiger partial charge in [0.25, 0.3) is 5.91 Å². The van der Waals surface area contributed by atoms with Gasteiger partial charge in [0.15, 0.2) is 6.61 Å². The van der Waals surface area contributed by atoms with Gasteiger partial charge in [0.05, 0.1) is 23.0 Å². The third-order valence-electron chi connectivity index (χ3n) is 3.75. The Morgan fingerprint density at radius 3 is 2.50 bits per heavy atom. The zero-order valence-corrected chi connectivity index (χ0v) is 17.2. The number of benzene rings is 2. The zero-order chi connectivity index (χ0) is 20.5. The van der Waals surface area contributed by atoms with Crippen molar-refractivity contribution in [3.8, 4) is 0 Å². The molecule has 0 heterocycles. The van der Waals surface area contributed by atoms with Crippen LogP contribution in [0.25, 0.3) is 0 Å². The fraction of sp³-hybridized carbons (Fsp3) is 0.250. The van der Waals surface area contributed by atoms with Crippen molar-refractivity contribution in [1.29, 1.82) is 0 Å². The lowest BCUT2D eigenvalue weighted by molar-refractivity contribution is -0.149. The number of carbonyl (C=O) groups is 3. The molecule has 0 saturated heterocycles. The van der Waals surface area contributed by atoms with Gasteiger partial charge in [-0.2, -0.15) is 0 Å². The summed E-state index contributed by atoms with van der Waals surface area (Å²) in [4.78, 5) is 38.1. The minimum Gasteiger partial charge on any atom is -0.455 e. The number of ether oxygens (including phenoxy) is 1. The predicted molar refractivity (Wildman–Crippen MR) is 111 cm³/mol. The van der Waals surface area contributed by atoms with Crippen LogP contribution in [0.15, 0.2) is 53.4 Å². The molecule has 8 heteroatoms. The standard InChI is InChI=1S/C20H21ClN2O4S/c1-14-7-3-6-10-17(14)28-13-20(26)27-12-19(25)23(2)11-18(24)22-16-9-5-4-8-15(16)21/h3-10H,11-13H2,1-2H3,(H,22,24). The highest BCUT2D eigenvalue weighted by molar-refractivity contribution is 8.00. The first kappa shape index (κ1) is 21.8. The van der Waals surface area contributed by atoms with Gasteiger partial charge >= 0.3 is 5.97 Å². The number of hydrogen-bond acceptors (Lipinski definition) is 5. The van der Waals surface area contributed by atoms with Gasteiger partial charge in [-0.05, 0) is 30.7 Å². The largest absolute Gasteiger partial charge is 0.455 e. The summed E-state index contributed by atoms with van der Waals surface area (Å²) in [5.41, 5.74) is 1.54. The lowest BCUT2D eigenvalue weighted by Crippen LogP contribution is -2.37. The number of carbonyl (C=O) groups excluding carboxylic acids is 3. The van der Waals surface area contributed by atoms with E-state index in [0.717, 1.165) is 10.5 Å². The van der Waals surface area contributed by atoms with E-state index in [0.29, 0.717) is 10.7 Å². The van der Waals surface area contributed by atoms with Crippen LogP contribution in [-0.4, -0.2) is 48.6 Å². The Labute approximate surface area is 173 Å². The number of nitrogens with one attached hydrogen (secondary N) is 1. The Bertz CT molecular complexity index is 860. The SMILES string of the molecule is Cc1ccccc1SCC(=O)OCC(=O)N(C)CC(=O)Nc1ccccc1Cl. The molecule has 28 heavy (non-hydrogen) atoms. The maximum Gasteiger partial charge on any atom is 0.316 e. The lowest BCUT2D eigenvalue weighted by Gasteiger charge is -2.17. The van der Waals surface area contributed by atoms with Crippen LogP contribution in [0.4, 0.5) is 5.69 Å². The summed E-state index contributed by atoms with van der Waals surface area (Å²) in [6.45, 7) is 1.36. The quantitative estimate of drug-likeness (QED) is 0.523. The first-order valence-corrected chi connectivity index (χ1v) is 9.85. The van der Waals surface area contributed by atoms with E-state index >= 15 is 0 Å². The van der Waals surface area contributed by atoms with Crippen LogP contribution >= 0.6 is 23.4 Å². The van der Waals surface area contributed by atoms with Gasteiger partial charge in [0.1, 0.15) is 0 Å². The molecule has 0 atom stereocenters. The van der Waals surface area contributed by atoms with E-state index in [2.05, 4.69) is 5.32 Å². The fourth-order valence-electron chi connectivity index (χ4n) is 2.21. The van der Waals surface area contributed by atoms with Crippen LogP contribution < -0.4 is 5.32 Å². The highest BCUT2D eigenvalue weighted by atomic mass is 35.5. The summed E-state index contributed by atoms with van der Waals surface area (Å²) in [5, 5.41) is 3.04. The molecule has 0 spiro atoms. The molecule has 0 radical (unpaired) electrons. The fourth-order valence-corrected chi connectivity index (χ4v) is 3.22. The van der Waals surface area contributed by atoms with Gasteiger partial charge in [-0.15, -0.1) is 11.8 Å². The van der Waals surface area contributed by atoms with E-state index in [1.807, 2.05) is 31.2 Å². The van der Waals surface area contributed by atoms with Gasteiger partial charge in [-0.25, -0.2) is 0 Å². The van der Waals surface area contributed by atoms with E-state index in [1.54, 1.807) is 24.3 Å². The number of para-hydroxylation sites is 1. The Morgan fingerprint density at radius 2 is 1.79 bits per heavy atom. The van der Waals surface area contributed by atoms with E-state index < -0.39 is 24.4 Å². The van der Waals surface area contributed by atoms with Crippen molar-refractivity contribution in [1.82, 2.24) is 4.90 Å². The number of likely N-dealkylation sites (N-methyl/N-ethyl adjacent to an activating group) is 1. The number of rotatable bonds is 8. The normalized spacial score (nSPS) is 10.2. The molecule has 0 saturated carbocycles. The second-order valence-corrected chi connectivity index (χ2v) is 7.42. The summed E-state index contributed by atoms with van der Waals surface area (Å²) >= 11 is 7.33. The Morgan fingerprint density at radius 1 is 1.11 bits per heavy atom. The molecule has 0 fully saturated rings. The van der Waals surface area contributed by atoms with Crippen molar-refractivity contribution in [2.24, 2.45) is 0 Å². The van der Waals surface area contributed by atoms with E-state index in [9.17, 15) is 14.4 Å². The van der Waals surface area contributed by atoms with Crippen LogP contribution in [0, 0.1) is 6.92 Å². The number of thioether (sulfide) groups is 1. The molecule has 6 nitrogen and oxygen atoms in total. The van der Waals surface area contributed by atoms with Crippen LogP contribution in [0.3, 0.4) is 0 Å². The second kappa shape index (κ2) is 10.7. The van der Waals surface area contributed by atoms with E-state index in [1.165, 1.54) is 23.7 Å². The minimum atomic E-state index is -0.490. The summed E-state index contributed by atoms with van der Waals surface area (Å²) in [6, 6.07) is 14.5. The van der Waals surface area contributed by atoms with Gasteiger partial charge < -0.3 is 15.0 Å². The van der Waals surface area contributed by atoms with Crippen LogP contribution in [0.1, 0.15) is 5.56 Å². The van der Waals surface area contributed by atoms with Crippen molar-refractivity contribution in [3.05, 3.63) is 59.1 Å². The summed E-state index contributed by atoms with van der Waals surface area (Å²) < 4.78 is 5.00. The van der Waals surface area contributed by atoms with Gasteiger partial charge in [0, 0.05) is 11.9 Å². The average Bonchev–Trinajstić information content (AvgIpc) is 2.67. The van der Waals surface area contributed by atoms with Gasteiger partial charge in [-0.1, -0.05) is 41.9 Å². The Hall–Kier alpha value is -2.51. The molecule has 0 aliphatic heterocycles. The predicted octanol–water partition coefficient (Wildman–Crippen LogP) is 3.38. The highest BCUT2D eigenvalue weighted by Crippen LogP contribution is 2.22. The third-order valence-corrected chi connectivity index (χ3v) is 5.23. The van der Waals surface area contributed by atoms with Crippen LogP contribution in [-0.2, 0) is 19.1 Å². The molecule has 148 valence electrons. The first-order valence-electron chi connectivity index (χ1n) is 8.49. The van der Waals surface area contributed by atoms with Gasteiger partial charge in [0.2, 0.25) is 5.91 Å². The zero-order valence-electron chi connectivity index (χ0n) is 15.6. The smallest absolute Gasteiger partial charge is 0.316 e. The molecule has 1 N–H and O–H groups in total. The Balaban J connectivity index is 1.72. The molecule has 2 aromatic carbocycles. The van der Waals surface area contributed by atoms with Crippen molar-refractivity contribution in [3.63, 3.8) is 0 Å². The van der Waals surface area contributed by atoms with E-state index in [-0.39, 0.29) is 12.3 Å². The number of hydrogen-bond donors (Lipinski definition) is 1. The molecular weight excluding hydrogens is 400 g/mol. The molecule has 2 amide bonds. The van der Waals surface area contributed by atoms with Crippen LogP contribution in [0.5, 0.6) is 0 Å². The molecule has 0 aliphatic rings. The highest BCUT2D eigenvalue weighted by Gasteiger charge is 2.16. The second-order valence-electron chi connectivity index (χ2n) is 5.99. The van der Waals surface area contributed by atoms with Gasteiger partial charge in [-0.3, -0.25) is 14.4 Å². The number of esters is 1. The van der Waals surface area contributed by atoms with Crippen molar-refractivity contribution in [2.75, 3.05) is 31.3 Å². The van der Waals surface area contributed by atoms with Crippen molar-refractivity contribution < 1.29 is 19.1 Å². The number of amides is 2. The number of halogens is 1. The Kier molecular flexibility index (Phi) is 8.35. The van der Waals surface area contributed by atoms with Crippen LogP contribution in [0.2, 0.25) is 5.02 Å². The lowest BCUT2D eigenvalue weighted by atomic mass is 10.2. The maximum absolute atomic E-state index is 12.1. The first-order chi connectivity index (χ1) is 13.4. The van der Waals surface area contributed by atoms with Crippen molar-refractivity contribution in [2.45, 2.75) is 11.8 Å². The summed E-state index contributed by atoms with van der Waals surface area (Å²) in [6.07, 6.45) is 0. The molecule has 0 aromatic heterocycles. The molecule has 0 bridgehead atoms. The average molecular weight is 421 g/mol. The monoisotopic (exact) mass is 420 g/mol. The molecular formula is C20H21ClN2O4S. The maximum atomic E-state index is 12.1. The minimum absolute atomic E-state index is 0.106. The number of nitrogens with zero attached hydrogens (tertiary/aromatic N) is 1. The topological polar surface area (TPSA) is 75.7 Å². The summed E-state index contributed by atoms with van der Waals surface area (Å²) in [7, 11) is 1.46. The van der Waals surface area contributed by atoms with Crippen molar-refractivity contribution >= 4 is 46.8 Å². The number of anilines is 1. The number of aryl methyl sites for hydroxylation is 1. The molecule has 2 rings (SSSR count). The third kappa shape index (κ3) is 6.90. The molecule has 0 aliphatic carbocycles. The summed E-state index contributed by atoms with van der Waals surface area (Å²) in [5.74, 6) is -1.25. The molecule has 0 unspecified atom stereocenters. The van der Waals surface area contributed by atoms with E-state index in [4.69, 9.17) is 16.3 Å². The molecule has 2 aromatic rings.